The lowest BCUT2D eigenvalue weighted by Gasteiger charge is -2.14. The zero-order valence-electron chi connectivity index (χ0n) is 16.4. The van der Waals surface area contributed by atoms with E-state index in [9.17, 15) is 13.2 Å². The summed E-state index contributed by atoms with van der Waals surface area (Å²) >= 11 is 1.95. The Morgan fingerprint density at radius 2 is 2.00 bits per heavy atom. The van der Waals surface area contributed by atoms with Crippen LogP contribution in [0.1, 0.15) is 37.7 Å². The summed E-state index contributed by atoms with van der Waals surface area (Å²) in [6.07, 6.45) is 5.98. The highest BCUT2D eigenvalue weighted by Crippen LogP contribution is 2.29. The summed E-state index contributed by atoms with van der Waals surface area (Å²) in [5.74, 6) is 1.51. The van der Waals surface area contributed by atoms with Gasteiger partial charge in [0, 0.05) is 38.1 Å². The Bertz CT molecular complexity index is 729. The Morgan fingerprint density at radius 1 is 1.30 bits per heavy atom. The van der Waals surface area contributed by atoms with E-state index >= 15 is 0 Å². The van der Waals surface area contributed by atoms with Gasteiger partial charge < -0.3 is 10.1 Å². The van der Waals surface area contributed by atoms with E-state index in [-0.39, 0.29) is 10.8 Å². The molecule has 0 saturated heterocycles. The predicted molar refractivity (Wildman–Crippen MR) is 110 cm³/mol. The Hall–Kier alpha value is -1.25. The van der Waals surface area contributed by atoms with Crippen LogP contribution in [0.2, 0.25) is 0 Å². The number of hydrogen-bond donors (Lipinski definition) is 1. The highest BCUT2D eigenvalue weighted by atomic mass is 32.2. The van der Waals surface area contributed by atoms with Gasteiger partial charge in [0.1, 0.15) is 5.75 Å². The summed E-state index contributed by atoms with van der Waals surface area (Å²) in [6.45, 7) is 0.673. The average Bonchev–Trinajstić information content (AvgIpc) is 3.16. The van der Waals surface area contributed by atoms with Crippen LogP contribution >= 0.6 is 11.8 Å². The van der Waals surface area contributed by atoms with Crippen LogP contribution in [0.5, 0.6) is 5.75 Å². The standard InChI is InChI=1S/C19H30N2O4S2/c1-21(2)27(23,24)17-9-10-18(25-3)15(14-17)8-11-19(22)20-12-13-26-16-6-4-5-7-16/h9-10,14,16H,4-8,11-13H2,1-3H3,(H,20,22). The first-order chi connectivity index (χ1) is 12.8. The molecule has 0 spiro atoms. The molecule has 1 aromatic carbocycles. The maximum Gasteiger partial charge on any atom is 0.242 e. The number of ether oxygens (including phenoxy) is 1. The second kappa shape index (κ2) is 10.3. The smallest absolute Gasteiger partial charge is 0.242 e. The van der Waals surface area contributed by atoms with Crippen LogP contribution in [0.3, 0.4) is 0 Å². The Kier molecular flexibility index (Phi) is 8.44. The fraction of sp³-hybridized carbons (Fsp3) is 0.632. The quantitative estimate of drug-likeness (QED) is 0.596. The van der Waals surface area contributed by atoms with Crippen molar-refractivity contribution in [3.8, 4) is 5.75 Å². The van der Waals surface area contributed by atoms with Crippen molar-refractivity contribution in [1.82, 2.24) is 9.62 Å². The van der Waals surface area contributed by atoms with Crippen LogP contribution in [0, 0.1) is 0 Å². The zero-order valence-corrected chi connectivity index (χ0v) is 18.0. The third-order valence-electron chi connectivity index (χ3n) is 4.73. The number of carbonyl (C=O) groups excluding carboxylic acids is 1. The summed E-state index contributed by atoms with van der Waals surface area (Å²) in [5.41, 5.74) is 0.718. The molecule has 1 aliphatic rings. The van der Waals surface area contributed by atoms with E-state index in [0.717, 1.165) is 16.6 Å². The van der Waals surface area contributed by atoms with Crippen molar-refractivity contribution in [3.05, 3.63) is 23.8 Å². The van der Waals surface area contributed by atoms with E-state index in [0.29, 0.717) is 25.1 Å². The van der Waals surface area contributed by atoms with Crippen molar-refractivity contribution in [2.24, 2.45) is 0 Å². The zero-order chi connectivity index (χ0) is 19.9. The molecular weight excluding hydrogens is 384 g/mol. The molecule has 152 valence electrons. The molecule has 0 aromatic heterocycles. The molecule has 1 fully saturated rings. The van der Waals surface area contributed by atoms with Gasteiger partial charge in [0.25, 0.3) is 0 Å². The van der Waals surface area contributed by atoms with Crippen molar-refractivity contribution in [1.29, 1.82) is 0 Å². The number of hydrogen-bond acceptors (Lipinski definition) is 5. The number of thioether (sulfide) groups is 1. The minimum absolute atomic E-state index is 0.0232. The van der Waals surface area contributed by atoms with Crippen LogP contribution < -0.4 is 10.1 Å². The summed E-state index contributed by atoms with van der Waals surface area (Å²) in [4.78, 5) is 12.3. The van der Waals surface area contributed by atoms with Gasteiger partial charge in [-0.05, 0) is 43.0 Å². The average molecular weight is 415 g/mol. The summed E-state index contributed by atoms with van der Waals surface area (Å²) in [5, 5.41) is 3.71. The van der Waals surface area contributed by atoms with Gasteiger partial charge in [-0.2, -0.15) is 11.8 Å². The number of amides is 1. The van der Waals surface area contributed by atoms with Gasteiger partial charge in [-0.25, -0.2) is 12.7 Å². The SMILES string of the molecule is COc1ccc(S(=O)(=O)N(C)C)cc1CCC(=O)NCCSC1CCCC1. The van der Waals surface area contributed by atoms with Crippen LogP contribution in [0.25, 0.3) is 0 Å². The second-order valence-corrected chi connectivity index (χ2v) is 10.4. The van der Waals surface area contributed by atoms with E-state index in [1.54, 1.807) is 19.2 Å². The Balaban J connectivity index is 1.86. The van der Waals surface area contributed by atoms with Crippen LogP contribution in [0.15, 0.2) is 23.1 Å². The molecule has 0 heterocycles. The van der Waals surface area contributed by atoms with E-state index in [2.05, 4.69) is 5.32 Å². The number of benzene rings is 1. The highest BCUT2D eigenvalue weighted by Gasteiger charge is 2.19. The minimum atomic E-state index is -3.51. The molecule has 0 radical (unpaired) electrons. The topological polar surface area (TPSA) is 75.7 Å². The number of carbonyl (C=O) groups is 1. The van der Waals surface area contributed by atoms with Crippen LogP contribution in [-0.2, 0) is 21.2 Å². The molecular formula is C19H30N2O4S2. The largest absolute Gasteiger partial charge is 0.496 e. The second-order valence-electron chi connectivity index (χ2n) is 6.89. The summed E-state index contributed by atoms with van der Waals surface area (Å²) < 4.78 is 31.1. The molecule has 0 unspecified atom stereocenters. The highest BCUT2D eigenvalue weighted by molar-refractivity contribution is 7.99. The lowest BCUT2D eigenvalue weighted by atomic mass is 10.1. The first-order valence-corrected chi connectivity index (χ1v) is 11.8. The lowest BCUT2D eigenvalue weighted by Crippen LogP contribution is -2.26. The monoisotopic (exact) mass is 414 g/mol. The normalized spacial score (nSPS) is 15.3. The Morgan fingerprint density at radius 3 is 2.63 bits per heavy atom. The molecule has 27 heavy (non-hydrogen) atoms. The Labute approximate surface area is 167 Å². The van der Waals surface area contributed by atoms with Gasteiger partial charge in [-0.1, -0.05) is 12.8 Å². The number of aryl methyl sites for hydroxylation is 1. The van der Waals surface area contributed by atoms with E-state index in [1.807, 2.05) is 11.8 Å². The van der Waals surface area contributed by atoms with Gasteiger partial charge in [0.05, 0.1) is 12.0 Å². The molecule has 1 N–H and O–H groups in total. The molecule has 0 atom stereocenters. The number of nitrogens with zero attached hydrogens (tertiary/aromatic N) is 1. The molecule has 0 bridgehead atoms. The van der Waals surface area contributed by atoms with Gasteiger partial charge in [-0.3, -0.25) is 4.79 Å². The van der Waals surface area contributed by atoms with Crippen LogP contribution in [0.4, 0.5) is 0 Å². The molecule has 1 aromatic rings. The van der Waals surface area contributed by atoms with Gasteiger partial charge in [0.2, 0.25) is 15.9 Å². The molecule has 0 aliphatic heterocycles. The van der Waals surface area contributed by atoms with Crippen molar-refractivity contribution in [2.45, 2.75) is 48.7 Å². The van der Waals surface area contributed by atoms with Gasteiger partial charge in [0.15, 0.2) is 0 Å². The van der Waals surface area contributed by atoms with Crippen LogP contribution in [-0.4, -0.2) is 57.4 Å². The summed E-state index contributed by atoms with van der Waals surface area (Å²) in [6, 6.07) is 4.76. The van der Waals surface area contributed by atoms with E-state index < -0.39 is 10.0 Å². The molecule has 2 rings (SSSR count). The first-order valence-electron chi connectivity index (χ1n) is 9.32. The van der Waals surface area contributed by atoms with E-state index in [1.165, 1.54) is 50.2 Å². The fourth-order valence-electron chi connectivity index (χ4n) is 3.13. The third-order valence-corrected chi connectivity index (χ3v) is 7.93. The maximum absolute atomic E-state index is 12.3. The molecule has 1 aliphatic carbocycles. The number of sulfonamides is 1. The predicted octanol–water partition coefficient (Wildman–Crippen LogP) is 2.67. The third kappa shape index (κ3) is 6.40. The first kappa shape index (κ1) is 22.0. The van der Waals surface area contributed by atoms with Gasteiger partial charge in [-0.15, -0.1) is 0 Å². The van der Waals surface area contributed by atoms with Gasteiger partial charge >= 0.3 is 0 Å². The van der Waals surface area contributed by atoms with E-state index in [4.69, 9.17) is 4.74 Å². The van der Waals surface area contributed by atoms with Crippen molar-refractivity contribution in [2.75, 3.05) is 33.5 Å². The molecule has 1 saturated carbocycles. The fourth-order valence-corrected chi connectivity index (χ4v) is 5.30. The lowest BCUT2D eigenvalue weighted by molar-refractivity contribution is -0.120. The van der Waals surface area contributed by atoms with Crippen molar-refractivity contribution in [3.63, 3.8) is 0 Å². The molecule has 6 nitrogen and oxygen atoms in total. The minimum Gasteiger partial charge on any atom is -0.496 e. The van der Waals surface area contributed by atoms with Crippen molar-refractivity contribution < 1.29 is 17.9 Å². The van der Waals surface area contributed by atoms with Crippen molar-refractivity contribution >= 4 is 27.7 Å². The number of rotatable bonds is 10. The molecule has 8 heteroatoms. The maximum atomic E-state index is 12.3. The number of methoxy groups -OCH3 is 1. The summed E-state index contributed by atoms with van der Waals surface area (Å²) in [7, 11) is 1.02. The number of nitrogens with one attached hydrogen (secondary N) is 1. The molecule has 1 amide bonds.